The Hall–Kier alpha value is -2.90. The summed E-state index contributed by atoms with van der Waals surface area (Å²) in [6.07, 6.45) is 0. The Balaban J connectivity index is 1.71. The van der Waals surface area contributed by atoms with Crippen LogP contribution in [-0.2, 0) is 17.9 Å². The van der Waals surface area contributed by atoms with E-state index in [9.17, 15) is 9.18 Å². The molecular formula is C23H25ClFN5O. The van der Waals surface area contributed by atoms with E-state index in [1.165, 1.54) is 12.1 Å². The molecule has 1 amide bonds. The van der Waals surface area contributed by atoms with Crippen molar-refractivity contribution in [1.29, 1.82) is 0 Å². The number of carbonyl (C=O) groups is 1. The van der Waals surface area contributed by atoms with Gasteiger partial charge in [0.15, 0.2) is 0 Å². The van der Waals surface area contributed by atoms with E-state index in [0.717, 1.165) is 22.9 Å². The Kier molecular flexibility index (Phi) is 5.98. The molecule has 0 radical (unpaired) electrons. The molecule has 2 heterocycles. The molecule has 8 heteroatoms. The van der Waals surface area contributed by atoms with Crippen LogP contribution in [0.3, 0.4) is 0 Å². The number of anilines is 2. The third kappa shape index (κ3) is 4.43. The third-order valence-electron chi connectivity index (χ3n) is 5.51. The lowest BCUT2D eigenvalue weighted by atomic mass is 10.0. The van der Waals surface area contributed by atoms with Crippen molar-refractivity contribution < 1.29 is 9.18 Å². The molecule has 0 bridgehead atoms. The second-order valence-electron chi connectivity index (χ2n) is 8.05. The normalized spacial score (nSPS) is 14.5. The molecule has 31 heavy (non-hydrogen) atoms. The number of nitrogens with zero attached hydrogens (tertiary/aromatic N) is 3. The number of imidazole rings is 1. The molecule has 1 aromatic heterocycles. The van der Waals surface area contributed by atoms with Gasteiger partial charge in [0.25, 0.3) is 0 Å². The van der Waals surface area contributed by atoms with Gasteiger partial charge < -0.3 is 20.5 Å². The van der Waals surface area contributed by atoms with Crippen molar-refractivity contribution >= 4 is 29.0 Å². The maximum atomic E-state index is 13.5. The molecule has 0 unspecified atom stereocenters. The van der Waals surface area contributed by atoms with Gasteiger partial charge in [-0.1, -0.05) is 25.4 Å². The van der Waals surface area contributed by atoms with Gasteiger partial charge in [-0.3, -0.25) is 4.79 Å². The first-order valence-electron chi connectivity index (χ1n) is 10.3. The molecule has 0 saturated carbocycles. The summed E-state index contributed by atoms with van der Waals surface area (Å²) in [4.78, 5) is 19.3. The van der Waals surface area contributed by atoms with E-state index in [0.29, 0.717) is 30.4 Å². The van der Waals surface area contributed by atoms with E-state index in [-0.39, 0.29) is 17.6 Å². The fourth-order valence-electron chi connectivity index (χ4n) is 3.62. The minimum atomic E-state index is -0.537. The Labute approximate surface area is 185 Å². The number of amides is 1. The molecule has 3 N–H and O–H groups in total. The summed E-state index contributed by atoms with van der Waals surface area (Å²) in [5.74, 6) is 1.24. The summed E-state index contributed by atoms with van der Waals surface area (Å²) in [6, 6.07) is 13.1. The predicted octanol–water partition coefficient (Wildman–Crippen LogP) is 4.41. The molecule has 1 atom stereocenters. The van der Waals surface area contributed by atoms with Crippen LogP contribution < -0.4 is 11.1 Å². The maximum Gasteiger partial charge on any atom is 0.240 e. The summed E-state index contributed by atoms with van der Waals surface area (Å²) in [7, 11) is 0. The Morgan fingerprint density at radius 2 is 1.81 bits per heavy atom. The van der Waals surface area contributed by atoms with E-state index >= 15 is 0 Å². The highest BCUT2D eigenvalue weighted by Crippen LogP contribution is 2.33. The Bertz CT molecular complexity index is 1080. The Morgan fingerprint density at radius 3 is 2.45 bits per heavy atom. The van der Waals surface area contributed by atoms with Gasteiger partial charge in [-0.15, -0.1) is 0 Å². The molecule has 4 rings (SSSR count). The number of carbonyl (C=O) groups excluding carboxylic acids is 1. The van der Waals surface area contributed by atoms with Crippen molar-refractivity contribution in [2.24, 2.45) is 11.7 Å². The van der Waals surface area contributed by atoms with Crippen LogP contribution in [0.25, 0.3) is 11.3 Å². The topological polar surface area (TPSA) is 76.2 Å². The number of rotatable bonds is 5. The van der Waals surface area contributed by atoms with Gasteiger partial charge in [0.2, 0.25) is 5.91 Å². The summed E-state index contributed by atoms with van der Waals surface area (Å²) in [5.41, 5.74) is 8.44. The molecule has 1 aliphatic rings. The maximum absolute atomic E-state index is 13.5. The summed E-state index contributed by atoms with van der Waals surface area (Å²) in [6.45, 7) is 5.37. The average Bonchev–Trinajstić information content (AvgIpc) is 3.12. The number of hydrogen-bond donors (Lipinski definition) is 2. The highest BCUT2D eigenvalue weighted by molar-refractivity contribution is 6.30. The minimum absolute atomic E-state index is 0.0612. The highest BCUT2D eigenvalue weighted by atomic mass is 35.5. The molecule has 6 nitrogen and oxygen atoms in total. The molecule has 162 valence electrons. The Morgan fingerprint density at radius 1 is 1.13 bits per heavy atom. The zero-order chi connectivity index (χ0) is 22.1. The monoisotopic (exact) mass is 441 g/mol. The van der Waals surface area contributed by atoms with Crippen LogP contribution in [-0.4, -0.2) is 32.9 Å². The van der Waals surface area contributed by atoms with Gasteiger partial charge in [0.05, 0.1) is 12.6 Å². The van der Waals surface area contributed by atoms with Gasteiger partial charge in [-0.05, 0) is 54.4 Å². The number of benzene rings is 2. The van der Waals surface area contributed by atoms with Crippen LogP contribution in [0.2, 0.25) is 5.02 Å². The lowest BCUT2D eigenvalue weighted by molar-refractivity contribution is -0.135. The van der Waals surface area contributed by atoms with E-state index in [1.807, 2.05) is 38.1 Å². The average molecular weight is 442 g/mol. The lowest BCUT2D eigenvalue weighted by Crippen LogP contribution is -2.49. The molecule has 0 fully saturated rings. The molecule has 0 aliphatic carbocycles. The third-order valence-corrected chi connectivity index (χ3v) is 5.76. The SMILES string of the molecule is CC(C)[C@H](N)C(=O)N1CCn2c(nc(-c3ccc(F)cc3)c2Nc2ccc(Cl)cc2)C1. The first-order chi connectivity index (χ1) is 14.8. The number of fused-ring (bicyclic) bond motifs is 1. The number of nitrogens with two attached hydrogens (primary N) is 1. The number of hydrogen-bond acceptors (Lipinski definition) is 4. The van der Waals surface area contributed by atoms with E-state index < -0.39 is 6.04 Å². The fourth-order valence-corrected chi connectivity index (χ4v) is 3.75. The van der Waals surface area contributed by atoms with Crippen LogP contribution in [0, 0.1) is 11.7 Å². The van der Waals surface area contributed by atoms with Crippen LogP contribution in [0.4, 0.5) is 15.9 Å². The van der Waals surface area contributed by atoms with Crippen molar-refractivity contribution in [2.45, 2.75) is 33.0 Å². The van der Waals surface area contributed by atoms with Crippen molar-refractivity contribution in [3.63, 3.8) is 0 Å². The van der Waals surface area contributed by atoms with Crippen LogP contribution >= 0.6 is 11.6 Å². The van der Waals surface area contributed by atoms with E-state index in [1.54, 1.807) is 17.0 Å². The molecule has 0 saturated heterocycles. The summed E-state index contributed by atoms with van der Waals surface area (Å²) >= 11 is 6.02. The molecule has 2 aromatic carbocycles. The van der Waals surface area contributed by atoms with Crippen molar-refractivity contribution in [3.8, 4) is 11.3 Å². The number of nitrogens with one attached hydrogen (secondary N) is 1. The second kappa shape index (κ2) is 8.69. The van der Waals surface area contributed by atoms with Gasteiger partial charge in [0.1, 0.15) is 23.2 Å². The fraction of sp³-hybridized carbons (Fsp3) is 0.304. The van der Waals surface area contributed by atoms with Crippen LogP contribution in [0.1, 0.15) is 19.7 Å². The highest BCUT2D eigenvalue weighted by Gasteiger charge is 2.30. The number of aromatic nitrogens is 2. The molecular weight excluding hydrogens is 417 g/mol. The largest absolute Gasteiger partial charge is 0.340 e. The first kappa shape index (κ1) is 21.3. The standard InChI is InChI=1S/C23H25ClFN5O/c1-14(2)20(26)23(31)29-11-12-30-19(13-29)28-21(15-3-7-17(25)8-4-15)22(30)27-18-9-5-16(24)6-10-18/h3-10,14,20,27H,11-13,26H2,1-2H3/t20-/m0/s1. The van der Waals surface area contributed by atoms with Crippen molar-refractivity contribution in [3.05, 3.63) is 65.2 Å². The predicted molar refractivity (Wildman–Crippen MR) is 121 cm³/mol. The first-order valence-corrected chi connectivity index (χ1v) is 10.6. The van der Waals surface area contributed by atoms with Gasteiger partial charge in [-0.2, -0.15) is 0 Å². The van der Waals surface area contributed by atoms with Crippen molar-refractivity contribution in [1.82, 2.24) is 14.5 Å². The van der Waals surface area contributed by atoms with Crippen LogP contribution in [0.15, 0.2) is 48.5 Å². The minimum Gasteiger partial charge on any atom is -0.340 e. The van der Waals surface area contributed by atoms with Gasteiger partial charge in [0, 0.05) is 29.4 Å². The number of halogens is 2. The molecule has 0 spiro atoms. The smallest absolute Gasteiger partial charge is 0.240 e. The van der Waals surface area contributed by atoms with Crippen molar-refractivity contribution in [2.75, 3.05) is 11.9 Å². The molecule has 3 aromatic rings. The zero-order valence-electron chi connectivity index (χ0n) is 17.5. The summed E-state index contributed by atoms with van der Waals surface area (Å²) < 4.78 is 15.6. The zero-order valence-corrected chi connectivity index (χ0v) is 18.2. The second-order valence-corrected chi connectivity index (χ2v) is 8.48. The molecule has 1 aliphatic heterocycles. The summed E-state index contributed by atoms with van der Waals surface area (Å²) in [5, 5.41) is 4.07. The van der Waals surface area contributed by atoms with Gasteiger partial charge in [-0.25, -0.2) is 9.37 Å². The van der Waals surface area contributed by atoms with Crippen LogP contribution in [0.5, 0.6) is 0 Å². The van der Waals surface area contributed by atoms with Gasteiger partial charge >= 0.3 is 0 Å². The van der Waals surface area contributed by atoms with E-state index in [2.05, 4.69) is 9.88 Å². The quantitative estimate of drug-likeness (QED) is 0.614. The lowest BCUT2D eigenvalue weighted by Gasteiger charge is -2.31. The van der Waals surface area contributed by atoms with E-state index in [4.69, 9.17) is 22.3 Å².